The lowest BCUT2D eigenvalue weighted by atomic mass is 10.2. The topological polar surface area (TPSA) is 83.0 Å². The SMILES string of the molecule is O=C(Nc1cccc2[nH]ccc12)C(=O)N1CCC[C@@H]1Cn1ccnc1. The molecule has 2 amide bonds. The Morgan fingerprint density at radius 3 is 3.08 bits per heavy atom. The maximum atomic E-state index is 12.6. The zero-order valence-corrected chi connectivity index (χ0v) is 13.7. The third kappa shape index (κ3) is 3.00. The molecule has 0 unspecified atom stereocenters. The Morgan fingerprint density at radius 2 is 2.24 bits per heavy atom. The van der Waals surface area contributed by atoms with E-state index < -0.39 is 11.8 Å². The van der Waals surface area contributed by atoms with Gasteiger partial charge in [-0.2, -0.15) is 0 Å². The van der Waals surface area contributed by atoms with Crippen molar-refractivity contribution in [2.24, 2.45) is 0 Å². The number of hydrogen-bond donors (Lipinski definition) is 2. The molecule has 0 aliphatic carbocycles. The van der Waals surface area contributed by atoms with Gasteiger partial charge in [-0.1, -0.05) is 6.07 Å². The molecule has 0 radical (unpaired) electrons. The van der Waals surface area contributed by atoms with Gasteiger partial charge < -0.3 is 19.8 Å². The third-order valence-electron chi connectivity index (χ3n) is 4.66. The summed E-state index contributed by atoms with van der Waals surface area (Å²) < 4.78 is 1.94. The number of fused-ring (bicyclic) bond motifs is 1. The van der Waals surface area contributed by atoms with Crippen molar-refractivity contribution in [3.8, 4) is 0 Å². The van der Waals surface area contributed by atoms with Crippen molar-refractivity contribution in [3.05, 3.63) is 49.2 Å². The summed E-state index contributed by atoms with van der Waals surface area (Å²) in [5.74, 6) is -1.07. The molecule has 25 heavy (non-hydrogen) atoms. The molecule has 2 N–H and O–H groups in total. The van der Waals surface area contributed by atoms with Crippen LogP contribution in [-0.4, -0.2) is 43.8 Å². The van der Waals surface area contributed by atoms with Crippen LogP contribution in [0.25, 0.3) is 10.9 Å². The average Bonchev–Trinajstić information content (AvgIpc) is 3.36. The second-order valence-corrected chi connectivity index (χ2v) is 6.25. The molecule has 0 spiro atoms. The van der Waals surface area contributed by atoms with Gasteiger partial charge in [0.2, 0.25) is 0 Å². The highest BCUT2D eigenvalue weighted by molar-refractivity contribution is 6.40. The summed E-state index contributed by atoms with van der Waals surface area (Å²) in [4.78, 5) is 33.9. The number of H-pyrrole nitrogens is 1. The molecule has 1 aromatic carbocycles. The minimum atomic E-state index is -0.591. The van der Waals surface area contributed by atoms with Crippen LogP contribution >= 0.6 is 0 Å². The van der Waals surface area contributed by atoms with Crippen LogP contribution in [0.2, 0.25) is 0 Å². The lowest BCUT2D eigenvalue weighted by molar-refractivity contribution is -0.143. The van der Waals surface area contributed by atoms with Crippen molar-refractivity contribution in [3.63, 3.8) is 0 Å². The predicted octanol–water partition coefficient (Wildman–Crippen LogP) is 1.99. The number of aromatic amines is 1. The highest BCUT2D eigenvalue weighted by Crippen LogP contribution is 2.23. The molecule has 1 aliphatic heterocycles. The van der Waals surface area contributed by atoms with Gasteiger partial charge in [-0.15, -0.1) is 0 Å². The third-order valence-corrected chi connectivity index (χ3v) is 4.66. The molecule has 7 heteroatoms. The number of nitrogens with zero attached hydrogens (tertiary/aromatic N) is 3. The van der Waals surface area contributed by atoms with Crippen molar-refractivity contribution >= 4 is 28.4 Å². The summed E-state index contributed by atoms with van der Waals surface area (Å²) in [7, 11) is 0. The molecule has 3 aromatic rings. The normalized spacial score (nSPS) is 17.1. The van der Waals surface area contributed by atoms with Crippen LogP contribution in [0.4, 0.5) is 5.69 Å². The molecule has 0 saturated carbocycles. The molecule has 3 heterocycles. The van der Waals surface area contributed by atoms with Gasteiger partial charge in [-0.05, 0) is 31.0 Å². The van der Waals surface area contributed by atoms with Crippen LogP contribution in [0, 0.1) is 0 Å². The number of likely N-dealkylation sites (tertiary alicyclic amines) is 1. The molecule has 7 nitrogen and oxygen atoms in total. The Balaban J connectivity index is 1.48. The Hall–Kier alpha value is -3.09. The lowest BCUT2D eigenvalue weighted by Gasteiger charge is -2.24. The monoisotopic (exact) mass is 337 g/mol. The Labute approximate surface area is 144 Å². The highest BCUT2D eigenvalue weighted by Gasteiger charge is 2.32. The molecule has 1 saturated heterocycles. The number of benzene rings is 1. The smallest absolute Gasteiger partial charge is 0.313 e. The van der Waals surface area contributed by atoms with E-state index >= 15 is 0 Å². The standard InChI is InChI=1S/C18H19N5O2/c24-17(21-16-5-1-4-15-14(16)6-7-20-15)18(25)23-9-2-3-13(23)11-22-10-8-19-12-22/h1,4-8,10,12-13,20H,2-3,9,11H2,(H,21,24)/t13-/m1/s1. The van der Waals surface area contributed by atoms with Gasteiger partial charge in [0.1, 0.15) is 0 Å². The van der Waals surface area contributed by atoms with E-state index in [0.717, 1.165) is 23.7 Å². The number of hydrogen-bond acceptors (Lipinski definition) is 3. The number of amides is 2. The van der Waals surface area contributed by atoms with Gasteiger partial charge in [0.25, 0.3) is 0 Å². The quantitative estimate of drug-likeness (QED) is 0.717. The van der Waals surface area contributed by atoms with E-state index in [0.29, 0.717) is 18.8 Å². The first-order valence-corrected chi connectivity index (χ1v) is 8.36. The number of nitrogens with one attached hydrogen (secondary N) is 2. The number of imidazole rings is 1. The van der Waals surface area contributed by atoms with E-state index in [1.807, 2.05) is 35.2 Å². The Bertz CT molecular complexity index is 899. The van der Waals surface area contributed by atoms with E-state index in [1.54, 1.807) is 23.5 Å². The number of aromatic nitrogens is 3. The molecule has 128 valence electrons. The molecule has 2 aromatic heterocycles. The van der Waals surface area contributed by atoms with Crippen LogP contribution < -0.4 is 5.32 Å². The lowest BCUT2D eigenvalue weighted by Crippen LogP contribution is -2.44. The number of anilines is 1. The van der Waals surface area contributed by atoms with Crippen molar-refractivity contribution in [1.29, 1.82) is 0 Å². The fourth-order valence-electron chi connectivity index (χ4n) is 3.43. The van der Waals surface area contributed by atoms with E-state index in [-0.39, 0.29) is 6.04 Å². The van der Waals surface area contributed by atoms with Crippen LogP contribution in [0.5, 0.6) is 0 Å². The van der Waals surface area contributed by atoms with Gasteiger partial charge >= 0.3 is 11.8 Å². The first kappa shape index (κ1) is 15.4. The van der Waals surface area contributed by atoms with Gasteiger partial charge in [-0.3, -0.25) is 9.59 Å². The Kier molecular flexibility index (Phi) is 3.97. The number of carbonyl (C=O) groups excluding carboxylic acids is 2. The van der Waals surface area contributed by atoms with Crippen molar-refractivity contribution in [2.45, 2.75) is 25.4 Å². The maximum Gasteiger partial charge on any atom is 0.313 e. The number of rotatable bonds is 3. The van der Waals surface area contributed by atoms with E-state index in [4.69, 9.17) is 0 Å². The van der Waals surface area contributed by atoms with Crippen LogP contribution in [0.3, 0.4) is 0 Å². The Morgan fingerprint density at radius 1 is 1.32 bits per heavy atom. The second-order valence-electron chi connectivity index (χ2n) is 6.25. The first-order chi connectivity index (χ1) is 12.2. The summed E-state index contributed by atoms with van der Waals surface area (Å²) in [6.07, 6.45) is 8.92. The zero-order chi connectivity index (χ0) is 17.2. The average molecular weight is 337 g/mol. The van der Waals surface area contributed by atoms with Crippen molar-refractivity contribution < 1.29 is 9.59 Å². The molecule has 1 aliphatic rings. The molecular weight excluding hydrogens is 318 g/mol. The summed E-state index contributed by atoms with van der Waals surface area (Å²) in [5, 5.41) is 3.65. The van der Waals surface area contributed by atoms with Crippen LogP contribution in [0.15, 0.2) is 49.2 Å². The van der Waals surface area contributed by atoms with Crippen molar-refractivity contribution in [2.75, 3.05) is 11.9 Å². The minimum Gasteiger partial charge on any atom is -0.361 e. The first-order valence-electron chi connectivity index (χ1n) is 8.36. The molecule has 1 fully saturated rings. The predicted molar refractivity (Wildman–Crippen MR) is 93.9 cm³/mol. The highest BCUT2D eigenvalue weighted by atomic mass is 16.2. The van der Waals surface area contributed by atoms with Gasteiger partial charge in [0.15, 0.2) is 0 Å². The summed E-state index contributed by atoms with van der Waals surface area (Å²) >= 11 is 0. The van der Waals surface area contributed by atoms with E-state index in [1.165, 1.54) is 0 Å². The maximum absolute atomic E-state index is 12.6. The molecule has 1 atom stereocenters. The summed E-state index contributed by atoms with van der Waals surface area (Å²) in [6, 6.07) is 7.47. The largest absolute Gasteiger partial charge is 0.361 e. The van der Waals surface area contributed by atoms with Gasteiger partial charge in [0.05, 0.1) is 18.1 Å². The van der Waals surface area contributed by atoms with Gasteiger partial charge in [0, 0.05) is 42.6 Å². The molecular formula is C18H19N5O2. The fraction of sp³-hybridized carbons (Fsp3) is 0.278. The minimum absolute atomic E-state index is 0.0236. The van der Waals surface area contributed by atoms with Crippen molar-refractivity contribution in [1.82, 2.24) is 19.4 Å². The molecule has 4 rings (SSSR count). The van der Waals surface area contributed by atoms with E-state index in [9.17, 15) is 9.59 Å². The van der Waals surface area contributed by atoms with Crippen LogP contribution in [0.1, 0.15) is 12.8 Å². The van der Waals surface area contributed by atoms with Crippen LogP contribution in [-0.2, 0) is 16.1 Å². The van der Waals surface area contributed by atoms with E-state index in [2.05, 4.69) is 15.3 Å². The second kappa shape index (κ2) is 6.43. The summed E-state index contributed by atoms with van der Waals surface area (Å²) in [5.41, 5.74) is 1.56. The summed E-state index contributed by atoms with van der Waals surface area (Å²) in [6.45, 7) is 1.27. The van der Waals surface area contributed by atoms with Gasteiger partial charge in [-0.25, -0.2) is 4.98 Å². The fourth-order valence-corrected chi connectivity index (χ4v) is 3.43. The molecule has 0 bridgehead atoms. The zero-order valence-electron chi connectivity index (χ0n) is 13.7. The number of carbonyl (C=O) groups is 2.